The van der Waals surface area contributed by atoms with Crippen LogP contribution in [-0.4, -0.2) is 36.8 Å². The molecule has 1 aromatic rings. The lowest BCUT2D eigenvalue weighted by molar-refractivity contribution is -0.146. The maximum absolute atomic E-state index is 11.8. The van der Waals surface area contributed by atoms with E-state index in [1.165, 1.54) is 12.1 Å². The minimum absolute atomic E-state index is 0.181. The molecule has 1 aromatic carbocycles. The fourth-order valence-corrected chi connectivity index (χ4v) is 2.25. The van der Waals surface area contributed by atoms with Crippen molar-refractivity contribution in [3.8, 4) is 0 Å². The summed E-state index contributed by atoms with van der Waals surface area (Å²) in [6, 6.07) is 5.66. The van der Waals surface area contributed by atoms with E-state index in [0.717, 1.165) is 5.56 Å². The monoisotopic (exact) mass is 275 g/mol. The van der Waals surface area contributed by atoms with Gasteiger partial charge in [0.2, 0.25) is 15.3 Å². The molecule has 8 heteroatoms. The first-order chi connectivity index (χ1) is 8.39. The average Bonchev–Trinajstić information content (AvgIpc) is 2.35. The maximum atomic E-state index is 11.8. The van der Waals surface area contributed by atoms with Crippen LogP contribution in [0.15, 0.2) is 29.2 Å². The third kappa shape index (κ3) is 3.26. The molecule has 0 fully saturated rings. The first-order valence-electron chi connectivity index (χ1n) is 4.90. The summed E-state index contributed by atoms with van der Waals surface area (Å²) in [5.41, 5.74) is 0.146. The lowest BCUT2D eigenvalue weighted by Gasteiger charge is -2.11. The number of amides is 1. The molecule has 1 rings (SSSR count). The molecule has 0 bridgehead atoms. The first-order valence-corrected chi connectivity index (χ1v) is 6.45. The number of aliphatic hydroxyl groups is 2. The van der Waals surface area contributed by atoms with Gasteiger partial charge in [-0.05, 0) is 19.1 Å². The quantitative estimate of drug-likeness (QED) is 0.473. The highest BCUT2D eigenvalue weighted by Gasteiger charge is 2.32. The fraction of sp³-hybridized carbons (Fsp3) is 0.300. The number of nitrogens with one attached hydrogen (secondary N) is 1. The molecule has 0 saturated carbocycles. The summed E-state index contributed by atoms with van der Waals surface area (Å²) in [5.74, 6) is -1.27. The molecule has 0 radical (unpaired) electrons. The van der Waals surface area contributed by atoms with Crippen molar-refractivity contribution in [1.29, 1.82) is 0 Å². The first kappa shape index (κ1) is 14.6. The van der Waals surface area contributed by atoms with Crippen molar-refractivity contribution in [2.75, 3.05) is 6.79 Å². The molecule has 0 spiro atoms. The van der Waals surface area contributed by atoms with Crippen LogP contribution in [-0.2, 0) is 19.5 Å². The van der Waals surface area contributed by atoms with E-state index >= 15 is 0 Å². The Morgan fingerprint density at radius 1 is 1.39 bits per heavy atom. The van der Waals surface area contributed by atoms with E-state index in [4.69, 9.17) is 5.11 Å². The highest BCUT2D eigenvalue weighted by Crippen LogP contribution is 2.15. The Morgan fingerprint density at radius 3 is 2.44 bits per heavy atom. The second-order valence-corrected chi connectivity index (χ2v) is 5.46. The number of aliphatic hydroxyl groups excluding tert-OH is 2. The molecule has 0 aliphatic rings. The van der Waals surface area contributed by atoms with Gasteiger partial charge in [0, 0.05) is 0 Å². The third-order valence-electron chi connectivity index (χ3n) is 2.11. The van der Waals surface area contributed by atoms with E-state index in [-0.39, 0.29) is 4.90 Å². The van der Waals surface area contributed by atoms with Gasteiger partial charge in [0.25, 0.3) is 5.91 Å². The number of hydrogen-bond donors (Lipinski definition) is 3. The summed E-state index contributed by atoms with van der Waals surface area (Å²) in [7, 11) is -4.20. The number of rotatable bonds is 5. The van der Waals surface area contributed by atoms with Gasteiger partial charge in [-0.1, -0.05) is 17.7 Å². The van der Waals surface area contributed by atoms with Crippen LogP contribution in [0.1, 0.15) is 5.56 Å². The Kier molecular flexibility index (Phi) is 4.79. The molecular formula is C10H13NO6S. The van der Waals surface area contributed by atoms with Crippen LogP contribution in [0.4, 0.5) is 0 Å². The maximum Gasteiger partial charge on any atom is 0.288 e. The van der Waals surface area contributed by atoms with Crippen LogP contribution < -0.4 is 5.48 Å². The van der Waals surface area contributed by atoms with Crippen molar-refractivity contribution < 1.29 is 28.3 Å². The normalized spacial score (nSPS) is 13.1. The Labute approximate surface area is 104 Å². The van der Waals surface area contributed by atoms with Gasteiger partial charge >= 0.3 is 0 Å². The topological polar surface area (TPSA) is 113 Å². The Morgan fingerprint density at radius 2 is 1.94 bits per heavy atom. The summed E-state index contributed by atoms with van der Waals surface area (Å²) in [4.78, 5) is 15.1. The summed E-state index contributed by atoms with van der Waals surface area (Å²) in [6.07, 6.45) is 0. The molecule has 3 N–H and O–H groups in total. The van der Waals surface area contributed by atoms with Gasteiger partial charge in [-0.2, -0.15) is 0 Å². The minimum atomic E-state index is -4.20. The smallest absolute Gasteiger partial charge is 0.288 e. The van der Waals surface area contributed by atoms with E-state index in [9.17, 15) is 18.3 Å². The van der Waals surface area contributed by atoms with Crippen LogP contribution in [0.5, 0.6) is 0 Å². The van der Waals surface area contributed by atoms with Gasteiger partial charge in [-0.25, -0.2) is 18.7 Å². The van der Waals surface area contributed by atoms with Crippen LogP contribution in [0.2, 0.25) is 0 Å². The van der Waals surface area contributed by atoms with Crippen molar-refractivity contribution in [1.82, 2.24) is 5.48 Å². The number of sulfone groups is 1. The molecule has 1 unspecified atom stereocenters. The van der Waals surface area contributed by atoms with E-state index in [2.05, 4.69) is 4.84 Å². The lowest BCUT2D eigenvalue weighted by Crippen LogP contribution is -2.39. The number of benzene rings is 1. The Hall–Kier alpha value is -1.48. The molecular weight excluding hydrogens is 262 g/mol. The van der Waals surface area contributed by atoms with Crippen molar-refractivity contribution in [3.05, 3.63) is 29.8 Å². The number of hydroxylamine groups is 1. The van der Waals surface area contributed by atoms with Gasteiger partial charge in [-0.3, -0.25) is 4.79 Å². The standard InChI is InChI=1S/C10H13NO6S/c1-7-2-4-8(5-3-7)18(15,16)10(14)9(13)11-17-6-12/h2-5,10,12,14H,6H2,1H3,(H,11,13). The molecule has 7 nitrogen and oxygen atoms in total. The van der Waals surface area contributed by atoms with Crippen LogP contribution in [0, 0.1) is 6.92 Å². The largest absolute Gasteiger partial charge is 0.369 e. The third-order valence-corrected chi connectivity index (χ3v) is 3.84. The molecule has 0 saturated heterocycles. The minimum Gasteiger partial charge on any atom is -0.369 e. The zero-order valence-corrected chi connectivity index (χ0v) is 10.3. The summed E-state index contributed by atoms with van der Waals surface area (Å²) in [6.45, 7) is 0.942. The zero-order valence-electron chi connectivity index (χ0n) is 9.53. The second-order valence-electron chi connectivity index (χ2n) is 3.45. The Bertz CT molecular complexity index is 510. The fourth-order valence-electron chi connectivity index (χ4n) is 1.15. The SMILES string of the molecule is Cc1ccc(S(=O)(=O)C(O)C(=O)NOCO)cc1. The highest BCUT2D eigenvalue weighted by molar-refractivity contribution is 7.92. The number of aryl methyl sites for hydroxylation is 1. The van der Waals surface area contributed by atoms with Gasteiger partial charge in [0.1, 0.15) is 0 Å². The zero-order chi connectivity index (χ0) is 13.8. The summed E-state index contributed by atoms with van der Waals surface area (Å²) in [5, 5.41) is 17.7. The predicted molar refractivity (Wildman–Crippen MR) is 60.7 cm³/mol. The van der Waals surface area contributed by atoms with E-state index < -0.39 is 28.0 Å². The summed E-state index contributed by atoms with van der Waals surface area (Å²) < 4.78 is 23.6. The number of carbonyl (C=O) groups excluding carboxylic acids is 1. The summed E-state index contributed by atoms with van der Waals surface area (Å²) >= 11 is 0. The van der Waals surface area contributed by atoms with Crippen LogP contribution in [0.3, 0.4) is 0 Å². The molecule has 1 amide bonds. The van der Waals surface area contributed by atoms with Crippen molar-refractivity contribution in [2.45, 2.75) is 17.3 Å². The van der Waals surface area contributed by atoms with Gasteiger partial charge in [0.15, 0.2) is 6.79 Å². The van der Waals surface area contributed by atoms with Gasteiger partial charge in [0.05, 0.1) is 4.90 Å². The predicted octanol–water partition coefficient (Wildman–Crippen LogP) is -0.915. The molecule has 100 valence electrons. The molecule has 0 aromatic heterocycles. The van der Waals surface area contributed by atoms with E-state index in [1.807, 2.05) is 0 Å². The molecule has 0 aliphatic heterocycles. The van der Waals surface area contributed by atoms with Crippen LogP contribution >= 0.6 is 0 Å². The van der Waals surface area contributed by atoms with Crippen molar-refractivity contribution >= 4 is 15.7 Å². The average molecular weight is 275 g/mol. The van der Waals surface area contributed by atoms with Crippen LogP contribution in [0.25, 0.3) is 0 Å². The molecule has 1 atom stereocenters. The van der Waals surface area contributed by atoms with E-state index in [1.54, 1.807) is 24.5 Å². The molecule has 0 aliphatic carbocycles. The second kappa shape index (κ2) is 5.91. The number of carbonyl (C=O) groups is 1. The molecule has 0 heterocycles. The van der Waals surface area contributed by atoms with Crippen molar-refractivity contribution in [2.24, 2.45) is 0 Å². The highest BCUT2D eigenvalue weighted by atomic mass is 32.2. The Balaban J connectivity index is 2.92. The lowest BCUT2D eigenvalue weighted by atomic mass is 10.2. The van der Waals surface area contributed by atoms with Gasteiger partial charge in [-0.15, -0.1) is 0 Å². The van der Waals surface area contributed by atoms with E-state index in [0.29, 0.717) is 0 Å². The van der Waals surface area contributed by atoms with Crippen molar-refractivity contribution in [3.63, 3.8) is 0 Å². The number of hydrogen-bond acceptors (Lipinski definition) is 6. The van der Waals surface area contributed by atoms with Gasteiger partial charge < -0.3 is 10.2 Å². The molecule has 18 heavy (non-hydrogen) atoms.